The maximum Gasteiger partial charge on any atom is 0.261 e. The maximum absolute atomic E-state index is 13.1. The Morgan fingerprint density at radius 1 is 1.07 bits per heavy atom. The van der Waals surface area contributed by atoms with Gasteiger partial charge in [-0.05, 0) is 42.7 Å². The lowest BCUT2D eigenvalue weighted by Gasteiger charge is -2.30. The number of hydrogen-bond acceptors (Lipinski definition) is 3. The van der Waals surface area contributed by atoms with Crippen molar-refractivity contribution in [3.63, 3.8) is 0 Å². The van der Waals surface area contributed by atoms with E-state index < -0.39 is 6.04 Å². The Balaban J connectivity index is 2.22. The number of ether oxygens (including phenoxy) is 1. The van der Waals surface area contributed by atoms with Crippen LogP contribution in [0.4, 0.5) is 0 Å². The van der Waals surface area contributed by atoms with Gasteiger partial charge < -0.3 is 15.0 Å². The number of carbonyl (C=O) groups excluding carboxylic acids is 2. The second-order valence-corrected chi connectivity index (χ2v) is 7.94. The summed E-state index contributed by atoms with van der Waals surface area (Å²) in [5, 5.41) is 4.17. The minimum Gasteiger partial charge on any atom is -0.482 e. The van der Waals surface area contributed by atoms with Crippen molar-refractivity contribution < 1.29 is 14.3 Å². The molecule has 0 aliphatic carbocycles. The second kappa shape index (κ2) is 12.0. The van der Waals surface area contributed by atoms with Crippen LogP contribution in [0.2, 0.25) is 15.1 Å². The molecule has 0 saturated heterocycles. The second-order valence-electron chi connectivity index (χ2n) is 6.69. The Hall–Kier alpha value is -1.95. The van der Waals surface area contributed by atoms with Crippen molar-refractivity contribution in [3.8, 4) is 5.75 Å². The van der Waals surface area contributed by atoms with Crippen molar-refractivity contribution in [2.75, 3.05) is 13.2 Å². The number of hydrogen-bond donors (Lipinski definition) is 1. The van der Waals surface area contributed by atoms with Crippen molar-refractivity contribution in [1.82, 2.24) is 10.2 Å². The quantitative estimate of drug-likeness (QED) is 0.507. The Bertz CT molecular complexity index is 876. The van der Waals surface area contributed by atoms with E-state index in [1.165, 1.54) is 11.0 Å². The normalized spacial score (nSPS) is 11.6. The first-order valence-electron chi connectivity index (χ1n) is 9.75. The molecule has 0 saturated carbocycles. The van der Waals surface area contributed by atoms with E-state index in [-0.39, 0.29) is 25.0 Å². The van der Waals surface area contributed by atoms with E-state index in [2.05, 4.69) is 5.32 Å². The number of amides is 2. The standard InChI is InChI=1S/C22H25Cl3N2O3/c1-3-11-26-22(29)19(4-2)27(13-15-7-5-6-8-17(15)24)21(28)14-30-20-10-9-16(23)12-18(20)25/h5-10,12,19H,3-4,11,13-14H2,1-2H3,(H,26,29)/t19-/m1/s1. The van der Waals surface area contributed by atoms with Crippen molar-refractivity contribution in [3.05, 3.63) is 63.1 Å². The lowest BCUT2D eigenvalue weighted by atomic mass is 10.1. The first-order chi connectivity index (χ1) is 14.4. The van der Waals surface area contributed by atoms with Crippen LogP contribution in [0.25, 0.3) is 0 Å². The van der Waals surface area contributed by atoms with Crippen molar-refractivity contribution in [2.24, 2.45) is 0 Å². The molecule has 1 N–H and O–H groups in total. The minimum atomic E-state index is -0.649. The number of carbonyl (C=O) groups is 2. The average molecular weight is 472 g/mol. The Kier molecular flexibility index (Phi) is 9.76. The van der Waals surface area contributed by atoms with Crippen LogP contribution in [0.3, 0.4) is 0 Å². The smallest absolute Gasteiger partial charge is 0.261 e. The van der Waals surface area contributed by atoms with Gasteiger partial charge in [-0.3, -0.25) is 9.59 Å². The molecule has 0 aliphatic rings. The molecule has 0 aromatic heterocycles. The molecule has 2 aromatic rings. The molecule has 0 bridgehead atoms. The highest BCUT2D eigenvalue weighted by Gasteiger charge is 2.29. The molecule has 2 amide bonds. The highest BCUT2D eigenvalue weighted by Crippen LogP contribution is 2.28. The van der Waals surface area contributed by atoms with E-state index in [1.54, 1.807) is 18.2 Å². The first-order valence-corrected chi connectivity index (χ1v) is 10.9. The maximum atomic E-state index is 13.1. The zero-order chi connectivity index (χ0) is 22.1. The van der Waals surface area contributed by atoms with E-state index >= 15 is 0 Å². The molecule has 0 heterocycles. The van der Waals surface area contributed by atoms with Crippen LogP contribution >= 0.6 is 34.8 Å². The van der Waals surface area contributed by atoms with Gasteiger partial charge in [-0.2, -0.15) is 0 Å². The van der Waals surface area contributed by atoms with Gasteiger partial charge in [-0.15, -0.1) is 0 Å². The van der Waals surface area contributed by atoms with Crippen molar-refractivity contribution >= 4 is 46.6 Å². The number of benzene rings is 2. The Morgan fingerprint density at radius 3 is 2.43 bits per heavy atom. The van der Waals surface area contributed by atoms with Crippen molar-refractivity contribution in [1.29, 1.82) is 0 Å². The van der Waals surface area contributed by atoms with Crippen LogP contribution in [0.15, 0.2) is 42.5 Å². The van der Waals surface area contributed by atoms with Gasteiger partial charge in [0.2, 0.25) is 5.91 Å². The molecule has 5 nitrogen and oxygen atoms in total. The fourth-order valence-corrected chi connectivity index (χ4v) is 3.57. The van der Waals surface area contributed by atoms with E-state index in [1.807, 2.05) is 32.0 Å². The highest BCUT2D eigenvalue weighted by molar-refractivity contribution is 6.35. The van der Waals surface area contributed by atoms with E-state index in [0.717, 1.165) is 12.0 Å². The predicted molar refractivity (Wildman–Crippen MR) is 121 cm³/mol. The minimum absolute atomic E-state index is 0.189. The third-order valence-corrected chi connectivity index (χ3v) is 5.38. The Labute approximate surface area is 192 Å². The van der Waals surface area contributed by atoms with Gasteiger partial charge in [0.15, 0.2) is 6.61 Å². The lowest BCUT2D eigenvalue weighted by molar-refractivity contribution is -0.143. The molecule has 1 atom stereocenters. The SMILES string of the molecule is CCCNC(=O)[C@@H](CC)N(Cc1ccccc1Cl)C(=O)COc1ccc(Cl)cc1Cl. The number of halogens is 3. The summed E-state index contributed by atoms with van der Waals surface area (Å²) >= 11 is 18.3. The fourth-order valence-electron chi connectivity index (χ4n) is 2.91. The Morgan fingerprint density at radius 2 is 1.80 bits per heavy atom. The average Bonchev–Trinajstić information content (AvgIpc) is 2.72. The molecule has 162 valence electrons. The van der Waals surface area contributed by atoms with Crippen molar-refractivity contribution in [2.45, 2.75) is 39.3 Å². The lowest BCUT2D eigenvalue weighted by Crippen LogP contribution is -2.50. The van der Waals surface area contributed by atoms with E-state index in [4.69, 9.17) is 39.5 Å². The monoisotopic (exact) mass is 470 g/mol. The number of nitrogens with one attached hydrogen (secondary N) is 1. The van der Waals surface area contributed by atoms with Gasteiger partial charge >= 0.3 is 0 Å². The predicted octanol–water partition coefficient (Wildman–Crippen LogP) is 5.36. The summed E-state index contributed by atoms with van der Waals surface area (Å²) in [5.74, 6) is -0.209. The molecular weight excluding hydrogens is 447 g/mol. The summed E-state index contributed by atoms with van der Waals surface area (Å²) in [6, 6.07) is 11.4. The van der Waals surface area contributed by atoms with Gasteiger partial charge in [0.05, 0.1) is 5.02 Å². The third-order valence-electron chi connectivity index (χ3n) is 4.48. The molecule has 30 heavy (non-hydrogen) atoms. The molecule has 0 spiro atoms. The summed E-state index contributed by atoms with van der Waals surface area (Å²) < 4.78 is 5.61. The topological polar surface area (TPSA) is 58.6 Å². The van der Waals surface area contributed by atoms with Gasteiger partial charge in [0, 0.05) is 23.1 Å². The van der Waals surface area contributed by atoms with Crippen LogP contribution < -0.4 is 10.1 Å². The van der Waals surface area contributed by atoms with Crippen LogP contribution in [0.5, 0.6) is 5.75 Å². The molecule has 2 aromatic carbocycles. The van der Waals surface area contributed by atoms with Crippen LogP contribution in [0.1, 0.15) is 32.3 Å². The summed E-state index contributed by atoms with van der Waals surface area (Å²) in [7, 11) is 0. The highest BCUT2D eigenvalue weighted by atomic mass is 35.5. The molecule has 2 rings (SSSR count). The van der Waals surface area contributed by atoms with Crippen LogP contribution in [-0.2, 0) is 16.1 Å². The van der Waals surface area contributed by atoms with Gasteiger partial charge in [-0.1, -0.05) is 66.8 Å². The van der Waals surface area contributed by atoms with Crippen LogP contribution in [-0.4, -0.2) is 35.9 Å². The summed E-state index contributed by atoms with van der Waals surface area (Å²) in [4.78, 5) is 27.3. The van der Waals surface area contributed by atoms with Gasteiger partial charge in [0.1, 0.15) is 11.8 Å². The number of rotatable bonds is 10. The zero-order valence-corrected chi connectivity index (χ0v) is 19.2. The van der Waals surface area contributed by atoms with E-state index in [9.17, 15) is 9.59 Å². The third kappa shape index (κ3) is 6.79. The summed E-state index contributed by atoms with van der Waals surface area (Å²) in [6.45, 7) is 4.29. The molecule has 0 aliphatic heterocycles. The summed E-state index contributed by atoms with van der Waals surface area (Å²) in [6.07, 6.45) is 1.26. The molecule has 0 radical (unpaired) electrons. The number of nitrogens with zero attached hydrogens (tertiary/aromatic N) is 1. The molecule has 8 heteroatoms. The molecule has 0 unspecified atom stereocenters. The van der Waals surface area contributed by atoms with Gasteiger partial charge in [0.25, 0.3) is 5.91 Å². The largest absolute Gasteiger partial charge is 0.482 e. The summed E-state index contributed by atoms with van der Waals surface area (Å²) in [5.41, 5.74) is 0.749. The fraction of sp³-hybridized carbons (Fsp3) is 0.364. The van der Waals surface area contributed by atoms with E-state index in [0.29, 0.717) is 33.8 Å². The first kappa shape index (κ1) is 24.3. The van der Waals surface area contributed by atoms with Gasteiger partial charge in [-0.25, -0.2) is 0 Å². The molecular formula is C22H25Cl3N2O3. The zero-order valence-electron chi connectivity index (χ0n) is 17.0. The van der Waals surface area contributed by atoms with Crippen LogP contribution in [0, 0.1) is 0 Å². The molecule has 0 fully saturated rings.